The van der Waals surface area contributed by atoms with Gasteiger partial charge in [-0.25, -0.2) is 0 Å². The van der Waals surface area contributed by atoms with Crippen LogP contribution in [0, 0.1) is 5.41 Å². The van der Waals surface area contributed by atoms with E-state index in [1.54, 1.807) is 30.3 Å². The third-order valence-corrected chi connectivity index (χ3v) is 5.13. The molecule has 0 unspecified atom stereocenters. The molecule has 1 fully saturated rings. The van der Waals surface area contributed by atoms with Crippen molar-refractivity contribution in [1.82, 2.24) is 0 Å². The number of thioether (sulfide) groups is 1. The van der Waals surface area contributed by atoms with Crippen molar-refractivity contribution in [1.29, 1.82) is 5.41 Å². The van der Waals surface area contributed by atoms with Gasteiger partial charge >= 0.3 is 0 Å². The summed E-state index contributed by atoms with van der Waals surface area (Å²) in [6.45, 7) is 0. The molecule has 0 saturated carbocycles. The number of aromatic hydroxyl groups is 1. The highest BCUT2D eigenvalue weighted by molar-refractivity contribution is 9.11. The van der Waals surface area contributed by atoms with Crippen molar-refractivity contribution in [2.45, 2.75) is 0 Å². The van der Waals surface area contributed by atoms with Gasteiger partial charge in [0.05, 0.1) is 15.1 Å². The predicted octanol–water partition coefficient (Wildman–Crippen LogP) is 4.97. The van der Waals surface area contributed by atoms with Gasteiger partial charge in [-0.3, -0.25) is 15.1 Å². The van der Waals surface area contributed by atoms with Gasteiger partial charge in [-0.15, -0.1) is 0 Å². The number of nitrogens with one attached hydrogen (secondary N) is 1. The minimum Gasteiger partial charge on any atom is -0.506 e. The maximum Gasteiger partial charge on any atom is 0.271 e. The normalized spacial score (nSPS) is 16.4. The zero-order valence-electron chi connectivity index (χ0n) is 11.6. The molecule has 116 valence electrons. The van der Waals surface area contributed by atoms with Gasteiger partial charge in [-0.2, -0.15) is 0 Å². The molecule has 1 aliphatic rings. The van der Waals surface area contributed by atoms with Gasteiger partial charge in [-0.1, -0.05) is 34.1 Å². The molecular weight excluding hydrogens is 444 g/mol. The van der Waals surface area contributed by atoms with Crippen LogP contribution >= 0.6 is 43.6 Å². The summed E-state index contributed by atoms with van der Waals surface area (Å²) in [5, 5.41) is 18.3. The molecule has 7 heteroatoms. The van der Waals surface area contributed by atoms with E-state index in [2.05, 4.69) is 31.9 Å². The Balaban J connectivity index is 2.00. The van der Waals surface area contributed by atoms with Crippen LogP contribution in [0.2, 0.25) is 0 Å². The third-order valence-electron chi connectivity index (χ3n) is 3.18. The second-order valence-corrected chi connectivity index (χ2v) is 7.52. The smallest absolute Gasteiger partial charge is 0.271 e. The Morgan fingerprint density at radius 2 is 1.87 bits per heavy atom. The first kappa shape index (κ1) is 16.3. The maximum atomic E-state index is 12.6. The summed E-state index contributed by atoms with van der Waals surface area (Å²) in [5.74, 6) is -0.222. The summed E-state index contributed by atoms with van der Waals surface area (Å²) in [6, 6.07) is 12.5. The number of amidine groups is 1. The number of carbonyl (C=O) groups excluding carboxylic acids is 1. The number of benzene rings is 2. The van der Waals surface area contributed by atoms with Crippen molar-refractivity contribution < 1.29 is 9.90 Å². The summed E-state index contributed by atoms with van der Waals surface area (Å²) < 4.78 is 1.31. The van der Waals surface area contributed by atoms with Gasteiger partial charge in [0.25, 0.3) is 5.91 Å². The fourth-order valence-electron chi connectivity index (χ4n) is 2.14. The number of anilines is 1. The number of phenols is 1. The first-order valence-corrected chi connectivity index (χ1v) is 8.93. The third kappa shape index (κ3) is 3.22. The average Bonchev–Trinajstić information content (AvgIpc) is 2.79. The molecule has 1 heterocycles. The van der Waals surface area contributed by atoms with E-state index in [1.165, 1.54) is 4.90 Å². The molecule has 1 saturated heterocycles. The number of hydrogen-bond acceptors (Lipinski definition) is 4. The number of carbonyl (C=O) groups is 1. The molecule has 4 nitrogen and oxygen atoms in total. The lowest BCUT2D eigenvalue weighted by atomic mass is 10.2. The molecular formula is C16H10Br2N2O2S. The van der Waals surface area contributed by atoms with E-state index in [9.17, 15) is 9.90 Å². The Morgan fingerprint density at radius 3 is 2.57 bits per heavy atom. The number of para-hydroxylation sites is 1. The van der Waals surface area contributed by atoms with E-state index in [1.807, 2.05) is 18.2 Å². The molecule has 0 aromatic heterocycles. The number of nitrogens with zero attached hydrogens (tertiary/aromatic N) is 1. The predicted molar refractivity (Wildman–Crippen MR) is 101 cm³/mol. The van der Waals surface area contributed by atoms with Crippen LogP contribution in [0.3, 0.4) is 0 Å². The summed E-state index contributed by atoms with van der Waals surface area (Å²) in [4.78, 5) is 14.3. The molecule has 0 atom stereocenters. The second kappa shape index (κ2) is 6.51. The van der Waals surface area contributed by atoms with E-state index in [4.69, 9.17) is 5.41 Å². The molecule has 23 heavy (non-hydrogen) atoms. The largest absolute Gasteiger partial charge is 0.506 e. The molecule has 2 aromatic rings. The Kier molecular flexibility index (Phi) is 4.61. The number of rotatable bonds is 2. The zero-order valence-corrected chi connectivity index (χ0v) is 15.6. The molecule has 2 aromatic carbocycles. The summed E-state index contributed by atoms with van der Waals surface area (Å²) in [7, 11) is 0. The Labute approximate surface area is 154 Å². The van der Waals surface area contributed by atoms with E-state index in [-0.39, 0.29) is 16.8 Å². The first-order valence-electron chi connectivity index (χ1n) is 6.53. The molecule has 0 aliphatic carbocycles. The molecule has 0 radical (unpaired) electrons. The summed E-state index contributed by atoms with van der Waals surface area (Å²) in [5.41, 5.74) is 1.16. The van der Waals surface area contributed by atoms with Crippen LogP contribution in [0.15, 0.2) is 56.3 Å². The lowest BCUT2D eigenvalue weighted by molar-refractivity contribution is -0.113. The zero-order chi connectivity index (χ0) is 16.6. The SMILES string of the molecule is N=C1S/C(=C\c2cc(Br)cc(Br)c2O)C(=O)N1c1ccccc1. The topological polar surface area (TPSA) is 64.4 Å². The number of halogens is 2. The van der Waals surface area contributed by atoms with Crippen LogP contribution in [0.5, 0.6) is 5.75 Å². The van der Waals surface area contributed by atoms with E-state index in [0.717, 1.165) is 16.2 Å². The van der Waals surface area contributed by atoms with Gasteiger partial charge in [0, 0.05) is 10.0 Å². The van der Waals surface area contributed by atoms with Gasteiger partial charge in [0.2, 0.25) is 0 Å². The average molecular weight is 454 g/mol. The Morgan fingerprint density at radius 1 is 1.17 bits per heavy atom. The van der Waals surface area contributed by atoms with Crippen molar-refractivity contribution in [3.63, 3.8) is 0 Å². The monoisotopic (exact) mass is 452 g/mol. The molecule has 3 rings (SSSR count). The van der Waals surface area contributed by atoms with E-state index >= 15 is 0 Å². The van der Waals surface area contributed by atoms with Crippen molar-refractivity contribution in [3.8, 4) is 5.75 Å². The number of hydrogen-bond donors (Lipinski definition) is 2. The van der Waals surface area contributed by atoms with Crippen molar-refractivity contribution in [2.75, 3.05) is 4.90 Å². The van der Waals surface area contributed by atoms with Gasteiger partial charge in [0.15, 0.2) is 5.17 Å². The van der Waals surface area contributed by atoms with Crippen LogP contribution in [0.1, 0.15) is 5.56 Å². The second-order valence-electron chi connectivity index (χ2n) is 4.72. The molecule has 0 bridgehead atoms. The lowest BCUT2D eigenvalue weighted by Crippen LogP contribution is -2.27. The lowest BCUT2D eigenvalue weighted by Gasteiger charge is -2.13. The van der Waals surface area contributed by atoms with Crippen LogP contribution < -0.4 is 4.90 Å². The van der Waals surface area contributed by atoms with Crippen molar-refractivity contribution >= 4 is 66.5 Å². The molecule has 1 amide bonds. The minimum atomic E-state index is -0.276. The van der Waals surface area contributed by atoms with Crippen molar-refractivity contribution in [2.24, 2.45) is 0 Å². The number of phenolic OH excluding ortho intramolecular Hbond substituents is 1. The van der Waals surface area contributed by atoms with Crippen molar-refractivity contribution in [3.05, 3.63) is 61.9 Å². The standard InChI is InChI=1S/C16H10Br2N2O2S/c17-10-6-9(14(21)12(18)8-10)7-13-15(22)20(16(19)23-13)11-4-2-1-3-5-11/h1-8,19,21H/b13-7-,19-16?. The highest BCUT2D eigenvalue weighted by Gasteiger charge is 2.33. The molecule has 0 spiro atoms. The fraction of sp³-hybridized carbons (Fsp3) is 0. The summed E-state index contributed by atoms with van der Waals surface area (Å²) >= 11 is 7.70. The van der Waals surface area contributed by atoms with Crippen LogP contribution in [-0.4, -0.2) is 16.2 Å². The molecule has 2 N–H and O–H groups in total. The maximum absolute atomic E-state index is 12.6. The summed E-state index contributed by atoms with van der Waals surface area (Å²) in [6.07, 6.45) is 1.59. The fourth-order valence-corrected chi connectivity index (χ4v) is 4.25. The van der Waals surface area contributed by atoms with E-state index < -0.39 is 0 Å². The van der Waals surface area contributed by atoms with Crippen LogP contribution in [0.4, 0.5) is 5.69 Å². The highest BCUT2D eigenvalue weighted by Crippen LogP contribution is 2.38. The quantitative estimate of drug-likeness (QED) is 0.630. The van der Waals surface area contributed by atoms with Crippen LogP contribution in [0.25, 0.3) is 6.08 Å². The number of amides is 1. The van der Waals surface area contributed by atoms with Gasteiger partial charge in [0.1, 0.15) is 5.75 Å². The van der Waals surface area contributed by atoms with E-state index in [0.29, 0.717) is 20.6 Å². The first-order chi connectivity index (χ1) is 11.0. The van der Waals surface area contributed by atoms with Gasteiger partial charge < -0.3 is 5.11 Å². The highest BCUT2D eigenvalue weighted by atomic mass is 79.9. The molecule has 1 aliphatic heterocycles. The van der Waals surface area contributed by atoms with Gasteiger partial charge in [-0.05, 0) is 58.0 Å². The minimum absolute atomic E-state index is 0.0544. The van der Waals surface area contributed by atoms with Crippen LogP contribution in [-0.2, 0) is 4.79 Å². The Hall–Kier alpha value is -1.57. The Bertz CT molecular complexity index is 837.